The second-order valence-electron chi connectivity index (χ2n) is 8.19. The Hall–Kier alpha value is -1.14. The van der Waals surface area contributed by atoms with Gasteiger partial charge in [-0.1, -0.05) is 25.2 Å². The summed E-state index contributed by atoms with van der Waals surface area (Å²) in [5.74, 6) is 0.686. The van der Waals surface area contributed by atoms with Gasteiger partial charge in [-0.05, 0) is 65.7 Å². The third-order valence-corrected chi connectivity index (χ3v) is 7.41. The fourth-order valence-electron chi connectivity index (χ4n) is 3.26. The molecule has 0 saturated heterocycles. The minimum atomic E-state index is -3.32. The van der Waals surface area contributed by atoms with E-state index in [1.54, 1.807) is 20.8 Å². The summed E-state index contributed by atoms with van der Waals surface area (Å²) in [6, 6.07) is 0. The van der Waals surface area contributed by atoms with Gasteiger partial charge in [0.05, 0.1) is 4.75 Å². The van der Waals surface area contributed by atoms with Crippen molar-refractivity contribution in [2.75, 3.05) is 6.54 Å². The van der Waals surface area contributed by atoms with Gasteiger partial charge in [0.2, 0.25) is 15.9 Å². The largest absolute Gasteiger partial charge is 0.330 e. The third kappa shape index (κ3) is 6.54. The normalized spacial score (nSPS) is 21.0. The first-order valence-electron chi connectivity index (χ1n) is 9.62. The molecule has 0 bridgehead atoms. The van der Waals surface area contributed by atoms with Crippen molar-refractivity contribution >= 4 is 15.9 Å². The molecule has 150 valence electrons. The minimum absolute atomic E-state index is 0.0412. The van der Waals surface area contributed by atoms with E-state index in [1.807, 2.05) is 0 Å². The van der Waals surface area contributed by atoms with E-state index in [-0.39, 0.29) is 11.8 Å². The fourth-order valence-corrected chi connectivity index (χ4v) is 4.10. The molecule has 1 aliphatic rings. The van der Waals surface area contributed by atoms with Crippen molar-refractivity contribution in [1.82, 2.24) is 10.0 Å². The molecule has 0 aliphatic heterocycles. The molecule has 0 heterocycles. The molecule has 1 unspecified atom stereocenters. The molecule has 5 nitrogen and oxygen atoms in total. The Labute approximate surface area is 159 Å². The van der Waals surface area contributed by atoms with Crippen molar-refractivity contribution in [2.24, 2.45) is 11.8 Å². The number of nitrogens with one attached hydrogen (secondary N) is 2. The summed E-state index contributed by atoms with van der Waals surface area (Å²) < 4.78 is 25.7. The summed E-state index contributed by atoms with van der Waals surface area (Å²) in [4.78, 5) is 12.1. The standard InChI is InChI=1S/C20H36N2O3S/c1-7-17-11-10-12-18(17)15(2)16(3)22-19(23)13-8-9-14-21-26(24,25)20(4,5)6/h7,15,18,21H,3,8-14H2,1-2,4-6H3,(H,22,23)/b17-7-/t15-,18?/m1/s1. The molecule has 6 heteroatoms. The third-order valence-electron chi connectivity index (χ3n) is 5.21. The molecule has 26 heavy (non-hydrogen) atoms. The number of sulfonamides is 1. The smallest absolute Gasteiger partial charge is 0.224 e. The van der Waals surface area contributed by atoms with Gasteiger partial charge in [-0.15, -0.1) is 0 Å². The zero-order chi connectivity index (χ0) is 20.0. The Morgan fingerprint density at radius 1 is 1.35 bits per heavy atom. The fraction of sp³-hybridized carbons (Fsp3) is 0.750. The van der Waals surface area contributed by atoms with Crippen LogP contribution in [0.15, 0.2) is 23.9 Å². The van der Waals surface area contributed by atoms with Crippen LogP contribution in [-0.2, 0) is 14.8 Å². The van der Waals surface area contributed by atoms with Crippen LogP contribution >= 0.6 is 0 Å². The van der Waals surface area contributed by atoms with E-state index in [0.717, 1.165) is 18.5 Å². The average molecular weight is 385 g/mol. The van der Waals surface area contributed by atoms with Crippen molar-refractivity contribution in [3.63, 3.8) is 0 Å². The number of hydrogen-bond acceptors (Lipinski definition) is 3. The zero-order valence-corrected chi connectivity index (χ0v) is 17.8. The highest BCUT2D eigenvalue weighted by atomic mass is 32.2. The Morgan fingerprint density at radius 2 is 2.00 bits per heavy atom. The van der Waals surface area contributed by atoms with Gasteiger partial charge in [0.15, 0.2) is 0 Å². The van der Waals surface area contributed by atoms with Gasteiger partial charge >= 0.3 is 0 Å². The van der Waals surface area contributed by atoms with Crippen LogP contribution < -0.4 is 10.0 Å². The lowest BCUT2D eigenvalue weighted by Crippen LogP contribution is -2.39. The molecule has 1 fully saturated rings. The summed E-state index contributed by atoms with van der Waals surface area (Å²) in [6.07, 6.45) is 7.37. The summed E-state index contributed by atoms with van der Waals surface area (Å²) in [6.45, 7) is 13.6. The van der Waals surface area contributed by atoms with Crippen LogP contribution in [0.1, 0.15) is 73.1 Å². The second kappa shape index (κ2) is 9.70. The van der Waals surface area contributed by atoms with E-state index in [9.17, 15) is 13.2 Å². The predicted octanol–water partition coefficient (Wildman–Crippen LogP) is 3.89. The van der Waals surface area contributed by atoms with E-state index in [1.165, 1.54) is 12.0 Å². The van der Waals surface area contributed by atoms with Crippen LogP contribution in [0.2, 0.25) is 0 Å². The highest BCUT2D eigenvalue weighted by Gasteiger charge is 2.29. The quantitative estimate of drug-likeness (QED) is 0.468. The predicted molar refractivity (Wildman–Crippen MR) is 108 cm³/mol. The first kappa shape index (κ1) is 22.9. The highest BCUT2D eigenvalue weighted by molar-refractivity contribution is 7.90. The first-order chi connectivity index (χ1) is 12.0. The molecule has 2 N–H and O–H groups in total. The molecule has 1 aliphatic carbocycles. The summed E-state index contributed by atoms with van der Waals surface area (Å²) >= 11 is 0. The number of unbranched alkanes of at least 4 members (excludes halogenated alkanes) is 1. The summed E-state index contributed by atoms with van der Waals surface area (Å²) in [5, 5.41) is 2.93. The Morgan fingerprint density at radius 3 is 2.58 bits per heavy atom. The van der Waals surface area contributed by atoms with Crippen molar-refractivity contribution in [2.45, 2.75) is 77.9 Å². The van der Waals surface area contributed by atoms with Gasteiger partial charge in [-0.3, -0.25) is 4.79 Å². The van der Waals surface area contributed by atoms with Gasteiger partial charge in [-0.25, -0.2) is 13.1 Å². The molecule has 0 spiro atoms. The molecular formula is C20H36N2O3S. The molecule has 0 aromatic rings. The van der Waals surface area contributed by atoms with Crippen LogP contribution in [0.5, 0.6) is 0 Å². The highest BCUT2D eigenvalue weighted by Crippen LogP contribution is 2.38. The number of amides is 1. The monoisotopic (exact) mass is 384 g/mol. The SMILES string of the molecule is C=C(NC(=O)CCCCNS(=O)(=O)C(C)(C)C)[C@@H](C)C1CCC/C1=C/C. The van der Waals surface area contributed by atoms with E-state index in [4.69, 9.17) is 0 Å². The molecule has 0 aromatic heterocycles. The maximum absolute atomic E-state index is 12.1. The van der Waals surface area contributed by atoms with E-state index < -0.39 is 14.8 Å². The number of hydrogen-bond donors (Lipinski definition) is 2. The van der Waals surface area contributed by atoms with Crippen molar-refractivity contribution in [1.29, 1.82) is 0 Å². The molecule has 1 saturated carbocycles. The van der Waals surface area contributed by atoms with Crippen molar-refractivity contribution < 1.29 is 13.2 Å². The lowest BCUT2D eigenvalue weighted by atomic mass is 9.87. The number of carbonyl (C=O) groups is 1. The van der Waals surface area contributed by atoms with E-state index >= 15 is 0 Å². The lowest BCUT2D eigenvalue weighted by Gasteiger charge is -2.23. The summed E-state index contributed by atoms with van der Waals surface area (Å²) in [7, 11) is -3.32. The zero-order valence-electron chi connectivity index (χ0n) is 17.0. The van der Waals surface area contributed by atoms with Gasteiger partial charge in [0.1, 0.15) is 0 Å². The second-order valence-corrected chi connectivity index (χ2v) is 10.7. The molecule has 1 amide bonds. The summed E-state index contributed by atoms with van der Waals surface area (Å²) in [5.41, 5.74) is 2.26. The lowest BCUT2D eigenvalue weighted by molar-refractivity contribution is -0.120. The van der Waals surface area contributed by atoms with Gasteiger partial charge < -0.3 is 5.32 Å². The topological polar surface area (TPSA) is 75.3 Å². The Balaban J connectivity index is 2.31. The number of rotatable bonds is 9. The first-order valence-corrected chi connectivity index (χ1v) is 11.1. The van der Waals surface area contributed by atoms with E-state index in [0.29, 0.717) is 31.7 Å². The molecule has 1 rings (SSSR count). The van der Waals surface area contributed by atoms with Crippen LogP contribution in [0.4, 0.5) is 0 Å². The maximum Gasteiger partial charge on any atom is 0.224 e. The van der Waals surface area contributed by atoms with E-state index in [2.05, 4.69) is 36.5 Å². The molecule has 0 radical (unpaired) electrons. The Kier molecular flexibility index (Phi) is 8.54. The molecule has 2 atom stereocenters. The van der Waals surface area contributed by atoms with Crippen LogP contribution in [-0.4, -0.2) is 25.6 Å². The number of allylic oxidation sites excluding steroid dienone is 3. The van der Waals surface area contributed by atoms with Crippen molar-refractivity contribution in [3.05, 3.63) is 23.9 Å². The van der Waals surface area contributed by atoms with Gasteiger partial charge in [0, 0.05) is 24.6 Å². The average Bonchev–Trinajstić information content (AvgIpc) is 3.00. The van der Waals surface area contributed by atoms with Crippen molar-refractivity contribution in [3.8, 4) is 0 Å². The van der Waals surface area contributed by atoms with Crippen LogP contribution in [0.25, 0.3) is 0 Å². The van der Waals surface area contributed by atoms with Crippen LogP contribution in [0, 0.1) is 11.8 Å². The van der Waals surface area contributed by atoms with Gasteiger partial charge in [0.25, 0.3) is 0 Å². The minimum Gasteiger partial charge on any atom is -0.330 e. The Bertz CT molecular complexity index is 630. The van der Waals surface area contributed by atoms with Crippen LogP contribution in [0.3, 0.4) is 0 Å². The van der Waals surface area contributed by atoms with Gasteiger partial charge in [-0.2, -0.15) is 0 Å². The molecule has 0 aromatic carbocycles. The molecular weight excluding hydrogens is 348 g/mol. The number of carbonyl (C=O) groups excluding carboxylic acids is 1. The maximum atomic E-state index is 12.1.